The second-order valence-electron chi connectivity index (χ2n) is 9.94. The van der Waals surface area contributed by atoms with Gasteiger partial charge in [0.25, 0.3) is 5.91 Å². The minimum atomic E-state index is -3.84. The first-order valence-corrected chi connectivity index (χ1v) is 14.6. The van der Waals surface area contributed by atoms with Gasteiger partial charge in [0.1, 0.15) is 17.2 Å². The number of carbonyl (C=O) groups excluding carboxylic acids is 1. The van der Waals surface area contributed by atoms with E-state index in [1.54, 1.807) is 29.8 Å². The topological polar surface area (TPSA) is 105 Å². The number of rotatable bonds is 7. The van der Waals surface area contributed by atoms with Gasteiger partial charge in [0, 0.05) is 51.4 Å². The van der Waals surface area contributed by atoms with Gasteiger partial charge in [0.2, 0.25) is 0 Å². The number of nitrogens with one attached hydrogen (secondary N) is 1. The maximum absolute atomic E-state index is 12.7. The van der Waals surface area contributed by atoms with Crippen LogP contribution in [-0.2, 0) is 14.9 Å². The second-order valence-corrected chi connectivity index (χ2v) is 11.7. The summed E-state index contributed by atoms with van der Waals surface area (Å²) >= 11 is 0. The van der Waals surface area contributed by atoms with E-state index in [0.29, 0.717) is 5.52 Å². The largest absolute Gasteiger partial charge is 0.487 e. The number of amides is 1. The first-order chi connectivity index (χ1) is 18.6. The molecule has 2 aliphatic heterocycles. The molecule has 0 radical (unpaired) electrons. The van der Waals surface area contributed by atoms with E-state index in [2.05, 4.69) is 21.6 Å². The Labute approximate surface area is 228 Å². The van der Waals surface area contributed by atoms with E-state index in [9.17, 15) is 17.6 Å². The van der Waals surface area contributed by atoms with E-state index in [0.717, 1.165) is 67.7 Å². The third-order valence-corrected chi connectivity index (χ3v) is 8.55. The molecule has 0 saturated carbocycles. The Morgan fingerprint density at radius 1 is 1.18 bits per heavy atom. The van der Waals surface area contributed by atoms with Crippen molar-refractivity contribution in [3.05, 3.63) is 60.2 Å². The van der Waals surface area contributed by atoms with Crippen molar-refractivity contribution < 1.29 is 27.1 Å². The van der Waals surface area contributed by atoms with E-state index in [1.165, 1.54) is 25.4 Å². The highest BCUT2D eigenvalue weighted by molar-refractivity contribution is 7.87. The Morgan fingerprint density at radius 2 is 1.85 bits per heavy atom. The molecular formula is C27H36FN5O5S. The van der Waals surface area contributed by atoms with Crippen LogP contribution in [0.5, 0.6) is 5.75 Å². The minimum Gasteiger partial charge on any atom is -0.487 e. The molecule has 4 heterocycles. The number of hydrogen-bond acceptors (Lipinski definition) is 7. The molecule has 12 heteroatoms. The monoisotopic (exact) mass is 561 g/mol. The maximum Gasteiger partial charge on any atom is 0.303 e. The van der Waals surface area contributed by atoms with E-state index in [-0.39, 0.29) is 23.5 Å². The van der Waals surface area contributed by atoms with Crippen LogP contribution in [0.2, 0.25) is 0 Å². The zero-order valence-corrected chi connectivity index (χ0v) is 23.4. The molecule has 0 spiro atoms. The van der Waals surface area contributed by atoms with E-state index in [4.69, 9.17) is 9.47 Å². The fourth-order valence-corrected chi connectivity index (χ4v) is 5.27. The van der Waals surface area contributed by atoms with Crippen LogP contribution in [0, 0.1) is 5.82 Å². The Morgan fingerprint density at radius 3 is 2.49 bits per heavy atom. The van der Waals surface area contributed by atoms with Crippen LogP contribution in [-0.4, -0.2) is 73.7 Å². The fraction of sp³-hybridized carbons (Fsp3) is 0.481. The predicted octanol–water partition coefficient (Wildman–Crippen LogP) is 3.63. The number of benzene rings is 1. The third kappa shape index (κ3) is 7.25. The van der Waals surface area contributed by atoms with Gasteiger partial charge in [-0.3, -0.25) is 4.79 Å². The molecule has 1 aromatic carbocycles. The van der Waals surface area contributed by atoms with Crippen LogP contribution in [0.25, 0.3) is 5.52 Å². The van der Waals surface area contributed by atoms with Gasteiger partial charge in [-0.05, 0) is 56.2 Å². The van der Waals surface area contributed by atoms with Crippen molar-refractivity contribution in [3.63, 3.8) is 0 Å². The lowest BCUT2D eigenvalue weighted by Crippen LogP contribution is -2.41. The lowest BCUT2D eigenvalue weighted by Gasteiger charge is -2.34. The van der Waals surface area contributed by atoms with Gasteiger partial charge in [0.05, 0.1) is 30.5 Å². The smallest absolute Gasteiger partial charge is 0.303 e. The first kappa shape index (κ1) is 28.8. The van der Waals surface area contributed by atoms with Gasteiger partial charge in [-0.1, -0.05) is 6.92 Å². The summed E-state index contributed by atoms with van der Waals surface area (Å²) in [5, 5.41) is 4.13. The number of fused-ring (bicyclic) bond motifs is 1. The maximum atomic E-state index is 12.7. The number of hydrogen-bond donors (Lipinski definition) is 1. The Hall–Kier alpha value is -3.22. The Kier molecular flexibility index (Phi) is 9.08. The average molecular weight is 562 g/mol. The molecule has 0 aliphatic carbocycles. The molecule has 3 aromatic rings. The van der Waals surface area contributed by atoms with Crippen LogP contribution in [0.3, 0.4) is 0 Å². The number of carbonyl (C=O) groups is 1. The number of nitrogens with zero attached hydrogens (tertiary/aromatic N) is 4. The molecule has 1 N–H and O–H groups in total. The van der Waals surface area contributed by atoms with E-state index in [1.807, 2.05) is 12.1 Å². The SMILES string of the molecule is CC1(Oc2ccc(F)cc2)CCOCC1.CCN(C)S(=O)(=O)NC(=O)c1cnn2ccc(N3CCCC3)cc12. The van der Waals surface area contributed by atoms with Crippen molar-refractivity contribution in [2.45, 2.75) is 45.1 Å². The normalized spacial score (nSPS) is 17.1. The van der Waals surface area contributed by atoms with Crippen LogP contribution >= 0.6 is 0 Å². The molecular weight excluding hydrogens is 525 g/mol. The van der Waals surface area contributed by atoms with Gasteiger partial charge in [0.15, 0.2) is 0 Å². The number of pyridine rings is 1. The molecule has 0 bridgehead atoms. The quantitative estimate of drug-likeness (QED) is 0.470. The van der Waals surface area contributed by atoms with Crippen LogP contribution < -0.4 is 14.4 Å². The summed E-state index contributed by atoms with van der Waals surface area (Å²) in [4.78, 5) is 14.7. The standard InChI is InChI=1S/C15H21N5O3S.C12H15FO2/c1-3-18(2)24(22,23)17-15(21)13-11-16-20-9-6-12(10-14(13)20)19-7-4-5-8-19;1-12(6-8-14-9-7-12)15-11-4-2-10(13)3-5-11/h6,9-11H,3-5,7-8H2,1-2H3,(H,17,21);2-5H,6-9H2,1H3. The van der Waals surface area contributed by atoms with Crippen molar-refractivity contribution in [1.29, 1.82) is 0 Å². The average Bonchev–Trinajstić information content (AvgIpc) is 3.60. The molecule has 212 valence electrons. The zero-order valence-electron chi connectivity index (χ0n) is 22.6. The number of ether oxygens (including phenoxy) is 2. The van der Waals surface area contributed by atoms with Crippen molar-refractivity contribution in [3.8, 4) is 5.75 Å². The first-order valence-electron chi connectivity index (χ1n) is 13.1. The number of halogens is 1. The highest BCUT2D eigenvalue weighted by atomic mass is 32.2. The molecule has 5 rings (SSSR count). The third-order valence-electron chi connectivity index (χ3n) is 7.03. The Bertz CT molecular complexity index is 1370. The van der Waals surface area contributed by atoms with Gasteiger partial charge in [-0.15, -0.1) is 0 Å². The summed E-state index contributed by atoms with van der Waals surface area (Å²) in [6.07, 6.45) is 7.24. The van der Waals surface area contributed by atoms with Gasteiger partial charge < -0.3 is 14.4 Å². The summed E-state index contributed by atoms with van der Waals surface area (Å²) in [5.74, 6) is -0.191. The summed E-state index contributed by atoms with van der Waals surface area (Å²) in [6.45, 7) is 7.48. The highest BCUT2D eigenvalue weighted by Crippen LogP contribution is 2.27. The van der Waals surface area contributed by atoms with Crippen molar-refractivity contribution in [2.24, 2.45) is 0 Å². The Balaban J connectivity index is 0.000000202. The number of anilines is 1. The predicted molar refractivity (Wildman–Crippen MR) is 147 cm³/mol. The molecule has 2 aromatic heterocycles. The van der Waals surface area contributed by atoms with Gasteiger partial charge in [-0.2, -0.15) is 17.8 Å². The van der Waals surface area contributed by atoms with Crippen molar-refractivity contribution in [1.82, 2.24) is 18.6 Å². The van der Waals surface area contributed by atoms with Gasteiger partial charge >= 0.3 is 10.2 Å². The fourth-order valence-electron chi connectivity index (χ4n) is 4.43. The minimum absolute atomic E-state index is 0.171. The molecule has 2 saturated heterocycles. The number of aromatic nitrogens is 2. The summed E-state index contributed by atoms with van der Waals surface area (Å²) < 4.78 is 52.6. The van der Waals surface area contributed by atoms with Gasteiger partial charge in [-0.25, -0.2) is 13.6 Å². The molecule has 2 fully saturated rings. The molecule has 0 unspecified atom stereocenters. The summed E-state index contributed by atoms with van der Waals surface area (Å²) in [7, 11) is -2.43. The van der Waals surface area contributed by atoms with Crippen LogP contribution in [0.15, 0.2) is 48.8 Å². The molecule has 2 aliphatic rings. The summed E-state index contributed by atoms with van der Waals surface area (Å²) in [6, 6.07) is 9.99. The second kappa shape index (κ2) is 12.3. The van der Waals surface area contributed by atoms with Crippen molar-refractivity contribution in [2.75, 3.05) is 44.8 Å². The highest BCUT2D eigenvalue weighted by Gasteiger charge is 2.29. The van der Waals surface area contributed by atoms with E-state index >= 15 is 0 Å². The summed E-state index contributed by atoms with van der Waals surface area (Å²) in [5.41, 5.74) is 1.68. The molecule has 39 heavy (non-hydrogen) atoms. The lowest BCUT2D eigenvalue weighted by molar-refractivity contribution is -0.0343. The molecule has 0 atom stereocenters. The molecule has 10 nitrogen and oxygen atoms in total. The van der Waals surface area contributed by atoms with Crippen LogP contribution in [0.4, 0.5) is 10.1 Å². The zero-order chi connectivity index (χ0) is 28.0. The van der Waals surface area contributed by atoms with Crippen LogP contribution in [0.1, 0.15) is 49.9 Å². The van der Waals surface area contributed by atoms with E-state index < -0.39 is 16.1 Å². The van der Waals surface area contributed by atoms with Crippen molar-refractivity contribution >= 4 is 27.3 Å². The molecule has 1 amide bonds. The lowest BCUT2D eigenvalue weighted by atomic mass is 9.97.